The predicted octanol–water partition coefficient (Wildman–Crippen LogP) is 2.83. The molecule has 0 aliphatic carbocycles. The lowest BCUT2D eigenvalue weighted by molar-refractivity contribution is -0.384. The van der Waals surface area contributed by atoms with Gasteiger partial charge in [0.25, 0.3) is 11.6 Å². The smallest absolute Gasteiger partial charge is 0.270 e. The largest absolute Gasteiger partial charge is 0.497 e. The van der Waals surface area contributed by atoms with Crippen molar-refractivity contribution in [2.24, 2.45) is 0 Å². The molecule has 0 radical (unpaired) electrons. The zero-order valence-corrected chi connectivity index (χ0v) is 13.7. The van der Waals surface area contributed by atoms with E-state index in [0.717, 1.165) is 16.7 Å². The molecule has 0 saturated carbocycles. The van der Waals surface area contributed by atoms with Crippen LogP contribution in [0.4, 0.5) is 5.69 Å². The van der Waals surface area contributed by atoms with Gasteiger partial charge in [-0.3, -0.25) is 20.0 Å². The molecular weight excluding hydrogens is 336 g/mol. The van der Waals surface area contributed by atoms with E-state index in [1.165, 1.54) is 12.1 Å². The molecule has 8 nitrogen and oxygen atoms in total. The number of methoxy groups -OCH3 is 1. The van der Waals surface area contributed by atoms with E-state index in [4.69, 9.17) is 4.74 Å². The second kappa shape index (κ2) is 5.99. The third-order valence-corrected chi connectivity index (χ3v) is 4.38. The predicted molar refractivity (Wildman–Crippen MR) is 93.0 cm³/mol. The van der Waals surface area contributed by atoms with Gasteiger partial charge in [-0.2, -0.15) is 5.10 Å². The molecule has 1 aromatic heterocycles. The second-order valence-corrected chi connectivity index (χ2v) is 5.85. The maximum atomic E-state index is 12.3. The molecular formula is C18H14N4O4. The highest BCUT2D eigenvalue weighted by Gasteiger charge is 2.35. The maximum absolute atomic E-state index is 12.3. The van der Waals surface area contributed by atoms with Gasteiger partial charge in [0.05, 0.1) is 23.8 Å². The van der Waals surface area contributed by atoms with Crippen molar-refractivity contribution in [1.82, 2.24) is 15.5 Å². The van der Waals surface area contributed by atoms with Crippen LogP contribution >= 0.6 is 0 Å². The summed E-state index contributed by atoms with van der Waals surface area (Å²) in [6.07, 6.45) is 0. The molecule has 1 aliphatic heterocycles. The van der Waals surface area contributed by atoms with Crippen LogP contribution in [0, 0.1) is 10.1 Å². The number of nitrogens with one attached hydrogen (secondary N) is 2. The van der Waals surface area contributed by atoms with Gasteiger partial charge in [0.1, 0.15) is 11.4 Å². The van der Waals surface area contributed by atoms with Crippen LogP contribution < -0.4 is 10.1 Å². The van der Waals surface area contributed by atoms with Crippen molar-refractivity contribution in [3.63, 3.8) is 0 Å². The number of aromatic nitrogens is 2. The summed E-state index contributed by atoms with van der Waals surface area (Å²) < 4.78 is 5.26. The quantitative estimate of drug-likeness (QED) is 0.555. The SMILES string of the molecule is COc1cccc(-c2n[nH]c3c2[C@@H](c2ccc([N+](=O)[O-])cc2)NC3=O)c1. The van der Waals surface area contributed by atoms with Gasteiger partial charge < -0.3 is 10.1 Å². The highest BCUT2D eigenvalue weighted by molar-refractivity contribution is 6.00. The molecule has 26 heavy (non-hydrogen) atoms. The number of amides is 1. The van der Waals surface area contributed by atoms with E-state index < -0.39 is 11.0 Å². The van der Waals surface area contributed by atoms with Crippen molar-refractivity contribution < 1.29 is 14.5 Å². The molecule has 0 fully saturated rings. The van der Waals surface area contributed by atoms with Gasteiger partial charge in [0.2, 0.25) is 0 Å². The highest BCUT2D eigenvalue weighted by Crippen LogP contribution is 2.38. The van der Waals surface area contributed by atoms with Gasteiger partial charge in [0.15, 0.2) is 0 Å². The molecule has 2 N–H and O–H groups in total. The molecule has 4 rings (SSSR count). The number of benzene rings is 2. The Labute approximate surface area is 148 Å². The molecule has 0 saturated heterocycles. The number of non-ortho nitro benzene ring substituents is 1. The van der Waals surface area contributed by atoms with Crippen LogP contribution in [0.1, 0.15) is 27.7 Å². The highest BCUT2D eigenvalue weighted by atomic mass is 16.6. The molecule has 130 valence electrons. The normalized spacial score (nSPS) is 15.4. The monoisotopic (exact) mass is 350 g/mol. The lowest BCUT2D eigenvalue weighted by Crippen LogP contribution is -2.21. The topological polar surface area (TPSA) is 110 Å². The van der Waals surface area contributed by atoms with Crippen LogP contribution in [-0.2, 0) is 0 Å². The van der Waals surface area contributed by atoms with E-state index in [9.17, 15) is 14.9 Å². The summed E-state index contributed by atoms with van der Waals surface area (Å²) in [7, 11) is 1.58. The first-order valence-electron chi connectivity index (χ1n) is 7.86. The number of nitro groups is 1. The molecule has 0 unspecified atom stereocenters. The first-order chi connectivity index (χ1) is 12.6. The van der Waals surface area contributed by atoms with E-state index in [-0.39, 0.29) is 11.6 Å². The lowest BCUT2D eigenvalue weighted by atomic mass is 9.96. The van der Waals surface area contributed by atoms with E-state index in [1.54, 1.807) is 19.2 Å². The summed E-state index contributed by atoms with van der Waals surface area (Å²) in [5, 5.41) is 20.8. The van der Waals surface area contributed by atoms with Gasteiger partial charge >= 0.3 is 0 Å². The molecule has 2 aromatic carbocycles. The van der Waals surface area contributed by atoms with Crippen molar-refractivity contribution in [2.75, 3.05) is 7.11 Å². The van der Waals surface area contributed by atoms with Crippen molar-refractivity contribution >= 4 is 11.6 Å². The van der Waals surface area contributed by atoms with Crippen LogP contribution in [-0.4, -0.2) is 28.1 Å². The molecule has 0 bridgehead atoms. The van der Waals surface area contributed by atoms with Gasteiger partial charge in [-0.25, -0.2) is 0 Å². The number of rotatable bonds is 4. The minimum Gasteiger partial charge on any atom is -0.497 e. The summed E-state index contributed by atoms with van der Waals surface area (Å²) in [6.45, 7) is 0. The van der Waals surface area contributed by atoms with Crippen LogP contribution in [0.15, 0.2) is 48.5 Å². The van der Waals surface area contributed by atoms with E-state index >= 15 is 0 Å². The summed E-state index contributed by atoms with van der Waals surface area (Å²) in [5.74, 6) is 0.424. The number of nitro benzene ring substituents is 1. The number of carbonyl (C=O) groups is 1. The van der Waals surface area contributed by atoms with Crippen LogP contribution in [0.3, 0.4) is 0 Å². The molecule has 0 spiro atoms. The van der Waals surface area contributed by atoms with E-state index in [1.807, 2.05) is 24.3 Å². The Morgan fingerprint density at radius 2 is 1.96 bits per heavy atom. The molecule has 1 aliphatic rings. The van der Waals surface area contributed by atoms with Gasteiger partial charge in [-0.15, -0.1) is 0 Å². The number of hydrogen-bond donors (Lipinski definition) is 2. The summed E-state index contributed by atoms with van der Waals surface area (Å²) in [4.78, 5) is 22.7. The third kappa shape index (κ3) is 2.48. The Balaban J connectivity index is 1.79. The standard InChI is InChI=1S/C18H14N4O4/c1-26-13-4-2-3-11(9-13)16-14-15(19-18(23)17(14)21-20-16)10-5-7-12(8-6-10)22(24)25/h2-9,15H,1H3,(H,19,23)(H,20,21)/t15-/m1/s1. The minimum absolute atomic E-state index is 0.00138. The zero-order valence-electron chi connectivity index (χ0n) is 13.7. The number of nitrogens with zero attached hydrogens (tertiary/aromatic N) is 2. The Morgan fingerprint density at radius 1 is 1.19 bits per heavy atom. The fraction of sp³-hybridized carbons (Fsp3) is 0.111. The van der Waals surface area contributed by atoms with Crippen molar-refractivity contribution in [2.45, 2.75) is 6.04 Å². The Hall–Kier alpha value is -3.68. The second-order valence-electron chi connectivity index (χ2n) is 5.85. The molecule has 1 atom stereocenters. The number of aromatic amines is 1. The molecule has 1 amide bonds. The Bertz CT molecular complexity index is 1010. The van der Waals surface area contributed by atoms with Gasteiger partial charge in [-0.1, -0.05) is 12.1 Å². The third-order valence-electron chi connectivity index (χ3n) is 4.38. The number of fused-ring (bicyclic) bond motifs is 1. The fourth-order valence-electron chi connectivity index (χ4n) is 3.11. The van der Waals surface area contributed by atoms with Gasteiger partial charge in [-0.05, 0) is 29.8 Å². The van der Waals surface area contributed by atoms with Crippen molar-refractivity contribution in [3.8, 4) is 17.0 Å². The Morgan fingerprint density at radius 3 is 2.65 bits per heavy atom. The minimum atomic E-state index is -0.456. The first kappa shape index (κ1) is 15.8. The fourth-order valence-corrected chi connectivity index (χ4v) is 3.11. The number of hydrogen-bond acceptors (Lipinski definition) is 5. The van der Waals surface area contributed by atoms with Gasteiger partial charge in [0, 0.05) is 23.3 Å². The van der Waals surface area contributed by atoms with Crippen LogP contribution in [0.5, 0.6) is 5.75 Å². The summed E-state index contributed by atoms with van der Waals surface area (Å²) >= 11 is 0. The molecule has 3 aromatic rings. The summed E-state index contributed by atoms with van der Waals surface area (Å²) in [6, 6.07) is 13.1. The number of H-pyrrole nitrogens is 1. The van der Waals surface area contributed by atoms with E-state index in [2.05, 4.69) is 15.5 Å². The van der Waals surface area contributed by atoms with Crippen LogP contribution in [0.25, 0.3) is 11.3 Å². The maximum Gasteiger partial charge on any atom is 0.270 e. The van der Waals surface area contributed by atoms with Crippen molar-refractivity contribution in [1.29, 1.82) is 0 Å². The van der Waals surface area contributed by atoms with Crippen molar-refractivity contribution in [3.05, 3.63) is 75.5 Å². The number of carbonyl (C=O) groups excluding carboxylic acids is 1. The van der Waals surface area contributed by atoms with E-state index in [0.29, 0.717) is 17.1 Å². The average Bonchev–Trinajstić information content (AvgIpc) is 3.23. The lowest BCUT2D eigenvalue weighted by Gasteiger charge is -2.13. The molecule has 8 heteroatoms. The number of ether oxygens (including phenoxy) is 1. The molecule has 2 heterocycles. The average molecular weight is 350 g/mol. The van der Waals surface area contributed by atoms with Crippen LogP contribution in [0.2, 0.25) is 0 Å². The Kier molecular flexibility index (Phi) is 3.65. The first-order valence-corrected chi connectivity index (χ1v) is 7.86. The summed E-state index contributed by atoms with van der Waals surface area (Å²) in [5.41, 5.74) is 3.31. The zero-order chi connectivity index (χ0) is 18.3.